The number of likely N-dealkylation sites (N-methyl/N-ethyl adjacent to an activating group) is 2. The second-order valence-corrected chi connectivity index (χ2v) is 6.10. The highest BCUT2D eigenvalue weighted by atomic mass is 16.2. The summed E-state index contributed by atoms with van der Waals surface area (Å²) in [6, 6.07) is 0.797. The van der Waals surface area contributed by atoms with Gasteiger partial charge in [0.2, 0.25) is 0 Å². The van der Waals surface area contributed by atoms with Crippen molar-refractivity contribution in [3.8, 4) is 0 Å². The number of urea groups is 1. The third-order valence-corrected chi connectivity index (χ3v) is 4.47. The molecule has 1 heterocycles. The van der Waals surface area contributed by atoms with Crippen LogP contribution in [0.3, 0.4) is 0 Å². The molecule has 2 rings (SSSR count). The van der Waals surface area contributed by atoms with Crippen molar-refractivity contribution < 1.29 is 4.79 Å². The van der Waals surface area contributed by atoms with Crippen molar-refractivity contribution in [3.63, 3.8) is 0 Å². The summed E-state index contributed by atoms with van der Waals surface area (Å²) in [6.45, 7) is 2.13. The van der Waals surface area contributed by atoms with Gasteiger partial charge >= 0.3 is 6.03 Å². The molecule has 0 aromatic heterocycles. The van der Waals surface area contributed by atoms with E-state index in [9.17, 15) is 4.79 Å². The van der Waals surface area contributed by atoms with Crippen LogP contribution in [0, 0.1) is 0 Å². The Morgan fingerprint density at radius 2 is 1.82 bits per heavy atom. The second-order valence-electron chi connectivity index (χ2n) is 6.10. The van der Waals surface area contributed by atoms with Gasteiger partial charge in [-0.3, -0.25) is 0 Å². The Bertz CT molecular complexity index is 306. The van der Waals surface area contributed by atoms with E-state index < -0.39 is 0 Å². The Kier molecular flexibility index (Phi) is 3.42. The molecule has 0 aromatic rings. The van der Waals surface area contributed by atoms with E-state index >= 15 is 0 Å². The fraction of sp³-hybridized carbons (Fsp3) is 0.923. The van der Waals surface area contributed by atoms with E-state index in [-0.39, 0.29) is 11.3 Å². The van der Waals surface area contributed by atoms with Crippen molar-refractivity contribution in [2.45, 2.75) is 62.8 Å². The summed E-state index contributed by atoms with van der Waals surface area (Å²) in [4.78, 5) is 15.8. The van der Waals surface area contributed by atoms with Crippen LogP contribution in [0.2, 0.25) is 5.31 Å². The largest absolute Gasteiger partial charge is 0.323 e. The highest BCUT2D eigenvalue weighted by Gasteiger charge is 2.43. The number of carbonyl (C=O) groups is 1. The fourth-order valence-electron chi connectivity index (χ4n) is 3.35. The van der Waals surface area contributed by atoms with Gasteiger partial charge in [0.15, 0.2) is 0 Å². The molecule has 1 aliphatic heterocycles. The maximum Gasteiger partial charge on any atom is 0.320 e. The summed E-state index contributed by atoms with van der Waals surface area (Å²) in [6.07, 6.45) is 6.78. The van der Waals surface area contributed by atoms with Crippen LogP contribution in [0.5, 0.6) is 0 Å². The van der Waals surface area contributed by atoms with Gasteiger partial charge in [-0.15, -0.1) is 0 Å². The molecule has 3 unspecified atom stereocenters. The Morgan fingerprint density at radius 3 is 2.53 bits per heavy atom. The Morgan fingerprint density at radius 1 is 1.18 bits per heavy atom. The molecule has 3 nitrogen and oxygen atoms in total. The molecule has 2 fully saturated rings. The van der Waals surface area contributed by atoms with Crippen molar-refractivity contribution in [2.24, 2.45) is 0 Å². The molecule has 4 heteroatoms. The molecule has 0 spiro atoms. The molecule has 1 saturated heterocycles. The predicted octanol–water partition coefficient (Wildman–Crippen LogP) is 2.42. The SMILES string of the molecule is [B]C1(C)CCCCCC2C(C1)N(C)C(=O)N2C. The van der Waals surface area contributed by atoms with E-state index in [0.717, 1.165) is 19.3 Å². The monoisotopic (exact) mass is 234 g/mol. The van der Waals surface area contributed by atoms with E-state index in [1.54, 1.807) is 0 Å². The third kappa shape index (κ3) is 2.45. The molecule has 3 atom stereocenters. The average Bonchev–Trinajstić information content (AvgIpc) is 2.49. The summed E-state index contributed by atoms with van der Waals surface area (Å²) in [5, 5.41) is -0.132. The minimum Gasteiger partial charge on any atom is -0.323 e. The van der Waals surface area contributed by atoms with Gasteiger partial charge in [-0.1, -0.05) is 37.9 Å². The van der Waals surface area contributed by atoms with Crippen LogP contribution in [0.15, 0.2) is 0 Å². The zero-order valence-electron chi connectivity index (χ0n) is 11.3. The highest BCUT2D eigenvalue weighted by molar-refractivity contribution is 6.14. The number of hydrogen-bond acceptors (Lipinski definition) is 1. The zero-order valence-corrected chi connectivity index (χ0v) is 11.3. The molecule has 0 N–H and O–H groups in total. The van der Waals surface area contributed by atoms with Gasteiger partial charge in [-0.25, -0.2) is 4.79 Å². The van der Waals surface area contributed by atoms with E-state index in [4.69, 9.17) is 7.85 Å². The number of carbonyl (C=O) groups excluding carboxylic acids is 1. The molecule has 94 valence electrons. The van der Waals surface area contributed by atoms with Crippen LogP contribution >= 0.6 is 0 Å². The summed E-state index contributed by atoms with van der Waals surface area (Å²) in [5.74, 6) is 0. The van der Waals surface area contributed by atoms with E-state index in [0.29, 0.717) is 12.1 Å². The van der Waals surface area contributed by atoms with Crippen LogP contribution in [0.25, 0.3) is 0 Å². The first-order valence-corrected chi connectivity index (χ1v) is 6.71. The maximum absolute atomic E-state index is 12.0. The lowest BCUT2D eigenvalue weighted by atomic mass is 9.63. The second kappa shape index (κ2) is 4.54. The Hall–Kier alpha value is -0.665. The third-order valence-electron chi connectivity index (χ3n) is 4.47. The highest BCUT2D eigenvalue weighted by Crippen LogP contribution is 2.40. The molecule has 2 aliphatic rings. The maximum atomic E-state index is 12.0. The smallest absolute Gasteiger partial charge is 0.320 e. The molecule has 2 amide bonds. The first-order chi connectivity index (χ1) is 7.92. The standard InChI is InChI=1S/C13H23BN2O/c1-13(14)8-6-4-5-7-10-11(9-13)16(3)12(17)15(10)2/h10-11H,4-9H2,1-3H3. The number of rotatable bonds is 0. The lowest BCUT2D eigenvalue weighted by Gasteiger charge is -2.32. The number of hydrogen-bond donors (Lipinski definition) is 0. The quantitative estimate of drug-likeness (QED) is 0.590. The lowest BCUT2D eigenvalue weighted by Crippen LogP contribution is -2.37. The minimum absolute atomic E-state index is 0.132. The summed E-state index contributed by atoms with van der Waals surface area (Å²) in [7, 11) is 10.2. The van der Waals surface area contributed by atoms with Crippen molar-refractivity contribution in [3.05, 3.63) is 0 Å². The van der Waals surface area contributed by atoms with Crippen LogP contribution in [-0.2, 0) is 0 Å². The average molecular weight is 234 g/mol. The number of amides is 2. The van der Waals surface area contributed by atoms with Gasteiger partial charge in [-0.2, -0.15) is 0 Å². The van der Waals surface area contributed by atoms with Crippen molar-refractivity contribution >= 4 is 13.9 Å². The van der Waals surface area contributed by atoms with Crippen LogP contribution in [-0.4, -0.2) is 49.9 Å². The molecule has 0 aromatic carbocycles. The molecule has 17 heavy (non-hydrogen) atoms. The van der Waals surface area contributed by atoms with Gasteiger partial charge in [0.25, 0.3) is 0 Å². The normalized spacial score (nSPS) is 39.6. The topological polar surface area (TPSA) is 23.6 Å². The molecule has 0 bridgehead atoms. The lowest BCUT2D eigenvalue weighted by molar-refractivity contribution is 0.197. The van der Waals surface area contributed by atoms with Crippen LogP contribution in [0.4, 0.5) is 4.79 Å². The number of nitrogens with zero attached hydrogens (tertiary/aromatic N) is 2. The fourth-order valence-corrected chi connectivity index (χ4v) is 3.35. The minimum atomic E-state index is -0.132. The zero-order chi connectivity index (χ0) is 12.6. The number of fused-ring (bicyclic) bond motifs is 1. The van der Waals surface area contributed by atoms with E-state index in [1.165, 1.54) is 19.3 Å². The molecule has 1 saturated carbocycles. The van der Waals surface area contributed by atoms with Gasteiger partial charge in [0.05, 0.1) is 19.9 Å². The molecular weight excluding hydrogens is 211 g/mol. The molecule has 2 radical (unpaired) electrons. The Balaban J connectivity index is 2.21. The van der Waals surface area contributed by atoms with Crippen molar-refractivity contribution in [1.29, 1.82) is 0 Å². The van der Waals surface area contributed by atoms with Crippen molar-refractivity contribution in [2.75, 3.05) is 14.1 Å². The van der Waals surface area contributed by atoms with Crippen LogP contribution < -0.4 is 0 Å². The molecular formula is C13H23BN2O. The predicted molar refractivity (Wildman–Crippen MR) is 70.3 cm³/mol. The van der Waals surface area contributed by atoms with Gasteiger partial charge in [0.1, 0.15) is 0 Å². The van der Waals surface area contributed by atoms with Gasteiger partial charge < -0.3 is 9.80 Å². The Labute approximate surface area is 106 Å². The van der Waals surface area contributed by atoms with E-state index in [2.05, 4.69) is 6.92 Å². The summed E-state index contributed by atoms with van der Waals surface area (Å²) in [5.41, 5.74) is 0. The van der Waals surface area contributed by atoms with E-state index in [1.807, 2.05) is 23.9 Å². The summed E-state index contributed by atoms with van der Waals surface area (Å²) < 4.78 is 0. The molecule has 1 aliphatic carbocycles. The van der Waals surface area contributed by atoms with Crippen molar-refractivity contribution in [1.82, 2.24) is 9.80 Å². The van der Waals surface area contributed by atoms with Gasteiger partial charge in [-0.05, 0) is 12.8 Å². The summed E-state index contributed by atoms with van der Waals surface area (Å²) >= 11 is 0. The van der Waals surface area contributed by atoms with Crippen LogP contribution in [0.1, 0.15) is 45.4 Å². The first-order valence-electron chi connectivity index (χ1n) is 6.71. The van der Waals surface area contributed by atoms with Gasteiger partial charge in [0, 0.05) is 14.1 Å². The first kappa shape index (κ1) is 12.8.